The van der Waals surface area contributed by atoms with Gasteiger partial charge in [0, 0.05) is 25.5 Å². The monoisotopic (exact) mass is 307 g/mol. The third-order valence-electron chi connectivity index (χ3n) is 2.58. The van der Waals surface area contributed by atoms with Gasteiger partial charge in [0.05, 0.1) is 16.4 Å². The summed E-state index contributed by atoms with van der Waals surface area (Å²) in [6, 6.07) is 0. The van der Waals surface area contributed by atoms with Gasteiger partial charge >= 0.3 is 0 Å². The van der Waals surface area contributed by atoms with Gasteiger partial charge in [0.2, 0.25) is 0 Å². The minimum Gasteiger partial charge on any atom is -0.297 e. The molecule has 0 N–H and O–H groups in total. The fourth-order valence-corrected chi connectivity index (χ4v) is 2.49. The van der Waals surface area contributed by atoms with E-state index in [9.17, 15) is 0 Å². The minimum atomic E-state index is 0.804. The maximum Gasteiger partial charge on any atom is 0.0860 e. The van der Waals surface area contributed by atoms with Crippen LogP contribution in [0.3, 0.4) is 0 Å². The third-order valence-corrected chi connectivity index (χ3v) is 3.42. The molecule has 0 radical (unpaired) electrons. The molecule has 0 unspecified atom stereocenters. The number of aromatic nitrogens is 2. The molecule has 1 heterocycles. The Balaban J connectivity index is 2.76. The fourth-order valence-electron chi connectivity index (χ4n) is 1.77. The Morgan fingerprint density at radius 1 is 1.44 bits per heavy atom. The molecule has 1 rings (SSSR count). The Morgan fingerprint density at radius 3 is 2.56 bits per heavy atom. The molecule has 0 aliphatic heterocycles. The molecule has 0 amide bonds. The van der Waals surface area contributed by atoms with Crippen molar-refractivity contribution in [2.75, 3.05) is 18.4 Å². The Bertz CT molecular complexity index is 332. The molecule has 0 aliphatic rings. The number of rotatable bonds is 6. The van der Waals surface area contributed by atoms with E-state index >= 15 is 0 Å². The van der Waals surface area contributed by atoms with Gasteiger partial charge in [0.15, 0.2) is 0 Å². The maximum atomic E-state index is 6.24. The molecule has 0 spiro atoms. The summed E-state index contributed by atoms with van der Waals surface area (Å²) >= 11 is 9.72. The zero-order valence-corrected chi connectivity index (χ0v) is 12.5. The highest BCUT2D eigenvalue weighted by molar-refractivity contribution is 9.09. The SMILES string of the molecule is CCCN(CCBr)Cc1c(Cl)c(C)nn1C. The number of hydrogen-bond donors (Lipinski definition) is 0. The number of alkyl halides is 1. The first-order chi connectivity index (χ1) is 7.60. The Morgan fingerprint density at radius 2 is 2.12 bits per heavy atom. The molecule has 92 valence electrons. The van der Waals surface area contributed by atoms with E-state index in [1.807, 2.05) is 18.7 Å². The second-order valence-corrected chi connectivity index (χ2v) is 5.11. The Hall–Kier alpha value is -0.0600. The van der Waals surface area contributed by atoms with Crippen molar-refractivity contribution in [3.63, 3.8) is 0 Å². The van der Waals surface area contributed by atoms with Gasteiger partial charge < -0.3 is 0 Å². The third kappa shape index (κ3) is 3.47. The minimum absolute atomic E-state index is 0.804. The summed E-state index contributed by atoms with van der Waals surface area (Å²) in [5, 5.41) is 6.12. The highest BCUT2D eigenvalue weighted by atomic mass is 79.9. The van der Waals surface area contributed by atoms with Gasteiger partial charge in [0.25, 0.3) is 0 Å². The van der Waals surface area contributed by atoms with Crippen LogP contribution in [-0.2, 0) is 13.6 Å². The molecule has 0 saturated heterocycles. The predicted molar refractivity (Wildman–Crippen MR) is 72.3 cm³/mol. The summed E-state index contributed by atoms with van der Waals surface area (Å²) in [6.45, 7) is 7.13. The van der Waals surface area contributed by atoms with Gasteiger partial charge in [-0.2, -0.15) is 5.10 Å². The molecule has 0 bridgehead atoms. The van der Waals surface area contributed by atoms with Crippen LogP contribution in [0.5, 0.6) is 0 Å². The fraction of sp³-hybridized carbons (Fsp3) is 0.727. The summed E-state index contributed by atoms with van der Waals surface area (Å²) in [5.41, 5.74) is 2.02. The first-order valence-electron chi connectivity index (χ1n) is 5.56. The molecule has 3 nitrogen and oxygen atoms in total. The van der Waals surface area contributed by atoms with Gasteiger partial charge in [-0.1, -0.05) is 34.5 Å². The molecular formula is C11H19BrClN3. The summed E-state index contributed by atoms with van der Waals surface area (Å²) in [6.07, 6.45) is 1.15. The van der Waals surface area contributed by atoms with Crippen molar-refractivity contribution in [2.24, 2.45) is 7.05 Å². The average molecular weight is 309 g/mol. The van der Waals surface area contributed by atoms with Crippen molar-refractivity contribution in [1.29, 1.82) is 0 Å². The number of halogens is 2. The smallest absolute Gasteiger partial charge is 0.0860 e. The van der Waals surface area contributed by atoms with Crippen molar-refractivity contribution in [3.05, 3.63) is 16.4 Å². The number of aryl methyl sites for hydroxylation is 2. The molecule has 0 saturated carbocycles. The lowest BCUT2D eigenvalue weighted by Gasteiger charge is -2.20. The van der Waals surface area contributed by atoms with E-state index in [1.54, 1.807) is 0 Å². The largest absolute Gasteiger partial charge is 0.297 e. The maximum absolute atomic E-state index is 6.24. The van der Waals surface area contributed by atoms with Crippen molar-refractivity contribution in [3.8, 4) is 0 Å². The lowest BCUT2D eigenvalue weighted by Crippen LogP contribution is -2.27. The Labute approximate surface area is 111 Å². The van der Waals surface area contributed by atoms with Crippen molar-refractivity contribution >= 4 is 27.5 Å². The molecule has 0 atom stereocenters. The van der Waals surface area contributed by atoms with Crippen LogP contribution in [0.4, 0.5) is 0 Å². The standard InChI is InChI=1S/C11H19BrClN3/c1-4-6-16(7-5-12)8-10-11(13)9(2)14-15(10)3/h4-8H2,1-3H3. The Kier molecular flexibility index (Phi) is 5.79. The number of hydrogen-bond acceptors (Lipinski definition) is 2. The van der Waals surface area contributed by atoms with E-state index in [0.717, 1.165) is 47.8 Å². The average Bonchev–Trinajstić information content (AvgIpc) is 2.46. The van der Waals surface area contributed by atoms with E-state index in [0.29, 0.717) is 0 Å². The van der Waals surface area contributed by atoms with E-state index in [1.165, 1.54) is 0 Å². The topological polar surface area (TPSA) is 21.1 Å². The van der Waals surface area contributed by atoms with Gasteiger partial charge in [-0.3, -0.25) is 9.58 Å². The van der Waals surface area contributed by atoms with Crippen LogP contribution >= 0.6 is 27.5 Å². The summed E-state index contributed by atoms with van der Waals surface area (Å²) in [4.78, 5) is 2.39. The normalized spacial score (nSPS) is 11.4. The van der Waals surface area contributed by atoms with E-state index in [4.69, 9.17) is 11.6 Å². The van der Waals surface area contributed by atoms with Crippen LogP contribution in [0.1, 0.15) is 24.7 Å². The van der Waals surface area contributed by atoms with E-state index in [-0.39, 0.29) is 0 Å². The van der Waals surface area contributed by atoms with Crippen molar-refractivity contribution in [2.45, 2.75) is 26.8 Å². The molecular weight excluding hydrogens is 289 g/mol. The van der Waals surface area contributed by atoms with Crippen molar-refractivity contribution in [1.82, 2.24) is 14.7 Å². The van der Waals surface area contributed by atoms with E-state index in [2.05, 4.69) is 32.9 Å². The molecule has 0 fully saturated rings. The highest BCUT2D eigenvalue weighted by Crippen LogP contribution is 2.20. The lowest BCUT2D eigenvalue weighted by atomic mass is 10.3. The second kappa shape index (κ2) is 6.62. The summed E-state index contributed by atoms with van der Waals surface area (Å²) < 4.78 is 1.88. The lowest BCUT2D eigenvalue weighted by molar-refractivity contribution is 0.276. The van der Waals surface area contributed by atoms with Gasteiger partial charge in [-0.25, -0.2) is 0 Å². The number of nitrogens with zero attached hydrogens (tertiary/aromatic N) is 3. The summed E-state index contributed by atoms with van der Waals surface area (Å²) in [5.74, 6) is 0. The van der Waals surface area contributed by atoms with Gasteiger partial charge in [0.1, 0.15) is 0 Å². The molecule has 1 aromatic heterocycles. The predicted octanol–water partition coefficient (Wildman–Crippen LogP) is 2.99. The van der Waals surface area contributed by atoms with Crippen LogP contribution < -0.4 is 0 Å². The van der Waals surface area contributed by atoms with Crippen LogP contribution in [0, 0.1) is 6.92 Å². The van der Waals surface area contributed by atoms with Crippen LogP contribution in [0.25, 0.3) is 0 Å². The van der Waals surface area contributed by atoms with Gasteiger partial charge in [-0.05, 0) is 19.9 Å². The molecule has 0 aromatic carbocycles. The zero-order valence-electron chi connectivity index (χ0n) is 10.1. The highest BCUT2D eigenvalue weighted by Gasteiger charge is 2.14. The van der Waals surface area contributed by atoms with E-state index < -0.39 is 0 Å². The zero-order chi connectivity index (χ0) is 12.1. The summed E-state index contributed by atoms with van der Waals surface area (Å²) in [7, 11) is 1.95. The first kappa shape index (κ1) is 14.0. The van der Waals surface area contributed by atoms with Gasteiger partial charge in [-0.15, -0.1) is 0 Å². The quantitative estimate of drug-likeness (QED) is 0.753. The van der Waals surface area contributed by atoms with Crippen LogP contribution in [-0.4, -0.2) is 33.1 Å². The molecule has 16 heavy (non-hydrogen) atoms. The molecule has 1 aromatic rings. The first-order valence-corrected chi connectivity index (χ1v) is 7.06. The van der Waals surface area contributed by atoms with Crippen LogP contribution in [0.2, 0.25) is 5.02 Å². The van der Waals surface area contributed by atoms with Crippen molar-refractivity contribution < 1.29 is 0 Å². The second-order valence-electron chi connectivity index (χ2n) is 3.93. The molecule has 0 aliphatic carbocycles. The molecule has 5 heteroatoms. The van der Waals surface area contributed by atoms with Crippen LogP contribution in [0.15, 0.2) is 0 Å².